The van der Waals surface area contributed by atoms with Crippen molar-refractivity contribution in [2.75, 3.05) is 12.0 Å². The highest BCUT2D eigenvalue weighted by Crippen LogP contribution is 2.27. The number of hydrogen-bond donors (Lipinski definition) is 1. The number of carbonyl (C=O) groups excluding carboxylic acids is 4. The molecule has 4 rings (SSSR count). The summed E-state index contributed by atoms with van der Waals surface area (Å²) in [5, 5.41) is 2.63. The number of benzene rings is 3. The van der Waals surface area contributed by atoms with Gasteiger partial charge in [0, 0.05) is 10.6 Å². The van der Waals surface area contributed by atoms with E-state index in [1.165, 1.54) is 43.5 Å². The van der Waals surface area contributed by atoms with E-state index in [1.807, 2.05) is 0 Å². The predicted molar refractivity (Wildman–Crippen MR) is 125 cm³/mol. The molecule has 1 aliphatic rings. The van der Waals surface area contributed by atoms with Crippen LogP contribution in [0.1, 0.15) is 15.9 Å². The van der Waals surface area contributed by atoms with Crippen molar-refractivity contribution in [1.82, 2.24) is 5.32 Å². The second-order valence-corrected chi connectivity index (χ2v) is 7.53. The second kappa shape index (κ2) is 9.60. The zero-order valence-corrected chi connectivity index (χ0v) is 18.5. The third kappa shape index (κ3) is 4.67. The molecular weight excluding hydrogens is 460 g/mol. The first-order valence-corrected chi connectivity index (χ1v) is 10.4. The van der Waals surface area contributed by atoms with Gasteiger partial charge in [0.15, 0.2) is 0 Å². The van der Waals surface area contributed by atoms with Gasteiger partial charge in [-0.25, -0.2) is 14.5 Å². The lowest BCUT2D eigenvalue weighted by atomic mass is 10.1. The largest absolute Gasteiger partial charge is 0.497 e. The van der Waals surface area contributed by atoms with Crippen LogP contribution in [0.2, 0.25) is 5.02 Å². The smallest absolute Gasteiger partial charge is 0.343 e. The van der Waals surface area contributed by atoms with Crippen LogP contribution in [0.25, 0.3) is 6.08 Å². The third-order valence-corrected chi connectivity index (χ3v) is 5.19. The van der Waals surface area contributed by atoms with E-state index in [-0.39, 0.29) is 22.6 Å². The van der Waals surface area contributed by atoms with E-state index in [1.54, 1.807) is 42.5 Å². The van der Waals surface area contributed by atoms with Gasteiger partial charge in [-0.05, 0) is 60.7 Å². The number of imide groups is 2. The van der Waals surface area contributed by atoms with E-state index in [9.17, 15) is 19.2 Å². The quantitative estimate of drug-likeness (QED) is 0.256. The van der Waals surface area contributed by atoms with Crippen molar-refractivity contribution >= 4 is 47.2 Å². The number of rotatable bonds is 5. The molecule has 3 aromatic rings. The van der Waals surface area contributed by atoms with Crippen molar-refractivity contribution in [2.24, 2.45) is 0 Å². The molecule has 0 aromatic heterocycles. The molecule has 0 aliphatic carbocycles. The molecule has 1 aliphatic heterocycles. The Labute approximate surface area is 199 Å². The summed E-state index contributed by atoms with van der Waals surface area (Å²) in [5.74, 6) is -1.66. The number of anilines is 1. The van der Waals surface area contributed by atoms with E-state index in [0.717, 1.165) is 4.90 Å². The van der Waals surface area contributed by atoms with Gasteiger partial charge in [0.05, 0.1) is 18.4 Å². The van der Waals surface area contributed by atoms with Gasteiger partial charge in [0.1, 0.15) is 17.1 Å². The van der Waals surface area contributed by atoms with E-state index in [4.69, 9.17) is 21.1 Å². The average Bonchev–Trinajstić information content (AvgIpc) is 2.83. The summed E-state index contributed by atoms with van der Waals surface area (Å²) in [5.41, 5.74) is 0.525. The molecule has 3 aromatic carbocycles. The van der Waals surface area contributed by atoms with Crippen LogP contribution in [0, 0.1) is 0 Å². The molecule has 0 atom stereocenters. The third-order valence-electron chi connectivity index (χ3n) is 4.93. The standard InChI is InChI=1S/C25H17ClN2O6/c1-33-19-12-10-18(11-13-19)28-23(30)20(22(29)27-25(28)32)14-16-4-2-3-5-21(16)34-24(31)15-6-8-17(26)9-7-15/h2-14H,1H3,(H,27,29,32)/b20-14-. The van der Waals surface area contributed by atoms with Crippen LogP contribution in [0.3, 0.4) is 0 Å². The van der Waals surface area contributed by atoms with Crippen LogP contribution >= 0.6 is 11.6 Å². The molecule has 0 radical (unpaired) electrons. The Morgan fingerprint density at radius 2 is 1.62 bits per heavy atom. The van der Waals surface area contributed by atoms with Gasteiger partial charge in [0.25, 0.3) is 11.8 Å². The molecule has 9 heteroatoms. The number of ether oxygens (including phenoxy) is 2. The Morgan fingerprint density at radius 1 is 0.941 bits per heavy atom. The molecule has 34 heavy (non-hydrogen) atoms. The Hall–Kier alpha value is -4.43. The number of methoxy groups -OCH3 is 1. The van der Waals surface area contributed by atoms with Crippen LogP contribution in [0.5, 0.6) is 11.5 Å². The van der Waals surface area contributed by atoms with Crippen molar-refractivity contribution in [3.05, 3.63) is 94.5 Å². The molecular formula is C25H17ClN2O6. The molecule has 0 spiro atoms. The lowest BCUT2D eigenvalue weighted by Crippen LogP contribution is -2.54. The summed E-state index contributed by atoms with van der Waals surface area (Å²) >= 11 is 5.86. The SMILES string of the molecule is COc1ccc(N2C(=O)NC(=O)/C(=C/c3ccccc3OC(=O)c3ccc(Cl)cc3)C2=O)cc1. The fraction of sp³-hybridized carbons (Fsp3) is 0.0400. The highest BCUT2D eigenvalue weighted by Gasteiger charge is 2.37. The Kier molecular flexibility index (Phi) is 6.42. The van der Waals surface area contributed by atoms with Gasteiger partial charge < -0.3 is 9.47 Å². The zero-order chi connectivity index (χ0) is 24.2. The van der Waals surface area contributed by atoms with Gasteiger partial charge >= 0.3 is 12.0 Å². The number of nitrogens with zero attached hydrogens (tertiary/aromatic N) is 1. The summed E-state index contributed by atoms with van der Waals surface area (Å²) < 4.78 is 10.6. The monoisotopic (exact) mass is 476 g/mol. The van der Waals surface area contributed by atoms with Gasteiger partial charge in [-0.1, -0.05) is 29.8 Å². The van der Waals surface area contributed by atoms with Gasteiger partial charge in [-0.2, -0.15) is 0 Å². The number of esters is 1. The molecule has 1 heterocycles. The average molecular weight is 477 g/mol. The highest BCUT2D eigenvalue weighted by atomic mass is 35.5. The van der Waals surface area contributed by atoms with Crippen molar-refractivity contribution < 1.29 is 28.7 Å². The van der Waals surface area contributed by atoms with Crippen LogP contribution in [-0.4, -0.2) is 30.9 Å². The van der Waals surface area contributed by atoms with Crippen LogP contribution in [-0.2, 0) is 9.59 Å². The molecule has 0 bridgehead atoms. The first-order chi connectivity index (χ1) is 16.4. The maximum Gasteiger partial charge on any atom is 0.343 e. The Morgan fingerprint density at radius 3 is 2.29 bits per heavy atom. The minimum atomic E-state index is -0.875. The maximum absolute atomic E-state index is 13.1. The number of nitrogens with one attached hydrogen (secondary N) is 1. The molecule has 1 fully saturated rings. The number of carbonyl (C=O) groups is 4. The van der Waals surface area contributed by atoms with Crippen LogP contribution in [0.4, 0.5) is 10.5 Å². The normalized spacial score (nSPS) is 14.7. The Balaban J connectivity index is 1.65. The molecule has 0 saturated carbocycles. The van der Waals surface area contributed by atoms with Crippen LogP contribution < -0.4 is 19.7 Å². The summed E-state index contributed by atoms with van der Waals surface area (Å²) in [7, 11) is 1.49. The van der Waals surface area contributed by atoms with Crippen molar-refractivity contribution in [3.63, 3.8) is 0 Å². The second-order valence-electron chi connectivity index (χ2n) is 7.09. The van der Waals surface area contributed by atoms with Gasteiger partial charge in [-0.15, -0.1) is 0 Å². The number of para-hydroxylation sites is 1. The van der Waals surface area contributed by atoms with Gasteiger partial charge in [0.2, 0.25) is 0 Å². The molecule has 1 saturated heterocycles. The zero-order valence-electron chi connectivity index (χ0n) is 17.8. The maximum atomic E-state index is 13.1. The van der Waals surface area contributed by atoms with Crippen molar-refractivity contribution in [2.45, 2.75) is 0 Å². The topological polar surface area (TPSA) is 102 Å². The summed E-state index contributed by atoms with van der Waals surface area (Å²) in [6, 6.07) is 17.9. The van der Waals surface area contributed by atoms with E-state index >= 15 is 0 Å². The molecule has 4 amide bonds. The van der Waals surface area contributed by atoms with E-state index < -0.39 is 23.8 Å². The predicted octanol–water partition coefficient (Wildman–Crippen LogP) is 4.23. The molecule has 1 N–H and O–H groups in total. The lowest BCUT2D eigenvalue weighted by molar-refractivity contribution is -0.122. The summed E-state index contributed by atoms with van der Waals surface area (Å²) in [6.45, 7) is 0. The molecule has 170 valence electrons. The van der Waals surface area contributed by atoms with Crippen LogP contribution in [0.15, 0.2) is 78.4 Å². The fourth-order valence-electron chi connectivity index (χ4n) is 3.22. The number of halogens is 1. The molecule has 0 unspecified atom stereocenters. The fourth-order valence-corrected chi connectivity index (χ4v) is 3.34. The van der Waals surface area contributed by atoms with Crippen molar-refractivity contribution in [3.8, 4) is 11.5 Å². The minimum absolute atomic E-state index is 0.128. The van der Waals surface area contributed by atoms with Crippen molar-refractivity contribution in [1.29, 1.82) is 0 Å². The number of barbiturate groups is 1. The van der Waals surface area contributed by atoms with E-state index in [2.05, 4.69) is 5.32 Å². The first-order valence-electron chi connectivity index (χ1n) is 9.99. The summed E-state index contributed by atoms with van der Waals surface area (Å²) in [6.07, 6.45) is 1.27. The first kappa shape index (κ1) is 22.8. The molecule has 8 nitrogen and oxygen atoms in total. The minimum Gasteiger partial charge on any atom is -0.497 e. The number of hydrogen-bond acceptors (Lipinski definition) is 6. The summed E-state index contributed by atoms with van der Waals surface area (Å²) in [4.78, 5) is 51.4. The highest BCUT2D eigenvalue weighted by molar-refractivity contribution is 6.39. The Bertz CT molecular complexity index is 1320. The lowest BCUT2D eigenvalue weighted by Gasteiger charge is -2.26. The van der Waals surface area contributed by atoms with E-state index in [0.29, 0.717) is 16.3 Å². The van der Waals surface area contributed by atoms with Gasteiger partial charge in [-0.3, -0.25) is 14.9 Å². The number of amides is 4. The number of urea groups is 1.